The number of aryl methyl sites for hydroxylation is 2. The van der Waals surface area contributed by atoms with Crippen molar-refractivity contribution in [2.75, 3.05) is 38.2 Å². The average molecular weight is 448 g/mol. The summed E-state index contributed by atoms with van der Waals surface area (Å²) in [6, 6.07) is 11.8. The normalized spacial score (nSPS) is 10.9. The first-order valence-electron chi connectivity index (χ1n) is 10.0. The SMILES string of the molecule is CCN(CC)CCN(C(=O)c1ccc(C)cc1C)c1nc2c(OC)cccc2s1.Cl. The number of thiazole rings is 1. The van der Waals surface area contributed by atoms with Gasteiger partial charge in [-0.1, -0.05) is 48.9 Å². The van der Waals surface area contributed by atoms with E-state index in [1.807, 2.05) is 49.1 Å². The number of aromatic nitrogens is 1. The minimum Gasteiger partial charge on any atom is -0.494 e. The van der Waals surface area contributed by atoms with Gasteiger partial charge in [0, 0.05) is 18.7 Å². The lowest BCUT2D eigenvalue weighted by atomic mass is 10.0. The summed E-state index contributed by atoms with van der Waals surface area (Å²) in [7, 11) is 1.65. The molecule has 0 fully saturated rings. The van der Waals surface area contributed by atoms with Crippen LogP contribution in [0.25, 0.3) is 10.2 Å². The number of anilines is 1. The molecule has 0 spiro atoms. The predicted molar refractivity (Wildman–Crippen MR) is 129 cm³/mol. The molecule has 0 aliphatic carbocycles. The van der Waals surface area contributed by atoms with Crippen LogP contribution in [0.3, 0.4) is 0 Å². The molecule has 0 aliphatic rings. The summed E-state index contributed by atoms with van der Waals surface area (Å²) < 4.78 is 6.48. The Labute approximate surface area is 189 Å². The Morgan fingerprint density at radius 2 is 1.83 bits per heavy atom. The quantitative estimate of drug-likeness (QED) is 0.468. The maximum Gasteiger partial charge on any atom is 0.260 e. The molecule has 0 N–H and O–H groups in total. The van der Waals surface area contributed by atoms with E-state index in [4.69, 9.17) is 9.72 Å². The molecule has 1 aromatic heterocycles. The number of methoxy groups -OCH3 is 1. The van der Waals surface area contributed by atoms with Gasteiger partial charge in [-0.05, 0) is 50.7 Å². The van der Waals surface area contributed by atoms with Crippen LogP contribution in [0, 0.1) is 13.8 Å². The van der Waals surface area contributed by atoms with Crippen LogP contribution >= 0.6 is 23.7 Å². The zero-order valence-corrected chi connectivity index (χ0v) is 19.9. The molecule has 0 bridgehead atoms. The number of hydrogen-bond donors (Lipinski definition) is 0. The largest absolute Gasteiger partial charge is 0.494 e. The summed E-state index contributed by atoms with van der Waals surface area (Å²) >= 11 is 1.53. The number of carbonyl (C=O) groups excluding carboxylic acids is 1. The molecule has 30 heavy (non-hydrogen) atoms. The van der Waals surface area contributed by atoms with Crippen LogP contribution in [0.5, 0.6) is 5.75 Å². The fourth-order valence-electron chi connectivity index (χ4n) is 3.46. The molecule has 0 aliphatic heterocycles. The molecule has 0 radical (unpaired) electrons. The van der Waals surface area contributed by atoms with Gasteiger partial charge in [-0.2, -0.15) is 0 Å². The first-order chi connectivity index (χ1) is 14.0. The highest BCUT2D eigenvalue weighted by atomic mass is 35.5. The van der Waals surface area contributed by atoms with Crippen LogP contribution in [0.15, 0.2) is 36.4 Å². The second-order valence-corrected chi connectivity index (χ2v) is 8.11. The maximum absolute atomic E-state index is 13.5. The Kier molecular flexibility index (Phi) is 8.65. The lowest BCUT2D eigenvalue weighted by Crippen LogP contribution is -2.39. The van der Waals surface area contributed by atoms with Gasteiger partial charge in [0.2, 0.25) is 0 Å². The first kappa shape index (κ1) is 24.1. The number of likely N-dealkylation sites (N-methyl/N-ethyl adjacent to an activating group) is 1. The summed E-state index contributed by atoms with van der Waals surface area (Å²) in [6.07, 6.45) is 0. The highest BCUT2D eigenvalue weighted by molar-refractivity contribution is 7.22. The second-order valence-electron chi connectivity index (χ2n) is 7.11. The van der Waals surface area contributed by atoms with Crippen molar-refractivity contribution in [1.29, 1.82) is 0 Å². The topological polar surface area (TPSA) is 45.7 Å². The van der Waals surface area contributed by atoms with Crippen molar-refractivity contribution < 1.29 is 9.53 Å². The summed E-state index contributed by atoms with van der Waals surface area (Å²) in [6.45, 7) is 11.6. The minimum absolute atomic E-state index is 0. The number of halogens is 1. The molecule has 1 heterocycles. The molecule has 1 amide bonds. The zero-order valence-electron chi connectivity index (χ0n) is 18.3. The Balaban J connectivity index is 0.00000320. The van der Waals surface area contributed by atoms with E-state index < -0.39 is 0 Å². The lowest BCUT2D eigenvalue weighted by molar-refractivity contribution is 0.0983. The van der Waals surface area contributed by atoms with Gasteiger partial charge in [0.25, 0.3) is 5.91 Å². The smallest absolute Gasteiger partial charge is 0.260 e. The van der Waals surface area contributed by atoms with Gasteiger partial charge in [-0.3, -0.25) is 9.69 Å². The van der Waals surface area contributed by atoms with E-state index in [2.05, 4.69) is 24.8 Å². The molecule has 162 valence electrons. The van der Waals surface area contributed by atoms with Gasteiger partial charge < -0.3 is 9.64 Å². The van der Waals surface area contributed by atoms with Crippen LogP contribution < -0.4 is 9.64 Å². The van der Waals surface area contributed by atoms with Gasteiger partial charge in [-0.25, -0.2) is 4.98 Å². The molecule has 0 unspecified atom stereocenters. The summed E-state index contributed by atoms with van der Waals surface area (Å²) in [5.41, 5.74) is 3.66. The molecule has 3 aromatic rings. The Hall–Kier alpha value is -2.15. The van der Waals surface area contributed by atoms with Crippen molar-refractivity contribution in [3.05, 3.63) is 53.1 Å². The molecule has 0 saturated heterocycles. The molecule has 2 aromatic carbocycles. The van der Waals surface area contributed by atoms with Crippen molar-refractivity contribution >= 4 is 45.0 Å². The van der Waals surface area contributed by atoms with E-state index in [0.29, 0.717) is 11.7 Å². The third-order valence-corrected chi connectivity index (χ3v) is 6.26. The van der Waals surface area contributed by atoms with Gasteiger partial charge in [0.05, 0.1) is 11.8 Å². The molecular weight excluding hydrogens is 418 g/mol. The molecule has 7 heteroatoms. The van der Waals surface area contributed by atoms with E-state index >= 15 is 0 Å². The van der Waals surface area contributed by atoms with Crippen molar-refractivity contribution in [2.24, 2.45) is 0 Å². The molecular formula is C23H30ClN3O2S. The fraction of sp³-hybridized carbons (Fsp3) is 0.391. The standard InChI is InChI=1S/C23H29N3O2S.ClH/c1-6-25(7-2)13-14-26(22(27)18-12-11-16(3)15-17(18)4)23-24-21-19(28-5)9-8-10-20(21)29-23;/h8-12,15H,6-7,13-14H2,1-5H3;1H. The first-order valence-corrected chi connectivity index (χ1v) is 10.8. The average Bonchev–Trinajstić information content (AvgIpc) is 3.14. The molecule has 5 nitrogen and oxygen atoms in total. The van der Waals surface area contributed by atoms with Gasteiger partial charge in [-0.15, -0.1) is 12.4 Å². The number of rotatable bonds is 8. The van der Waals surface area contributed by atoms with Gasteiger partial charge in [0.15, 0.2) is 5.13 Å². The second kappa shape index (κ2) is 10.8. The van der Waals surface area contributed by atoms with E-state index in [1.165, 1.54) is 11.3 Å². The van der Waals surface area contributed by atoms with Crippen molar-refractivity contribution in [2.45, 2.75) is 27.7 Å². The van der Waals surface area contributed by atoms with Crippen molar-refractivity contribution in [3.63, 3.8) is 0 Å². The van der Waals surface area contributed by atoms with Crippen LogP contribution in [0.2, 0.25) is 0 Å². The van der Waals surface area contributed by atoms with Crippen molar-refractivity contribution in [3.8, 4) is 5.75 Å². The van der Waals surface area contributed by atoms with Crippen LogP contribution in [0.4, 0.5) is 5.13 Å². The van der Waals surface area contributed by atoms with E-state index in [1.54, 1.807) is 7.11 Å². The molecule has 3 rings (SSSR count). The Morgan fingerprint density at radius 3 is 2.47 bits per heavy atom. The zero-order chi connectivity index (χ0) is 21.0. The Bertz CT molecular complexity index is 1000. The molecule has 0 saturated carbocycles. The highest BCUT2D eigenvalue weighted by Crippen LogP contribution is 2.34. The van der Waals surface area contributed by atoms with Gasteiger partial charge >= 0.3 is 0 Å². The van der Waals surface area contributed by atoms with Gasteiger partial charge in [0.1, 0.15) is 11.3 Å². The highest BCUT2D eigenvalue weighted by Gasteiger charge is 2.23. The van der Waals surface area contributed by atoms with E-state index in [9.17, 15) is 4.79 Å². The maximum atomic E-state index is 13.5. The molecule has 0 atom stereocenters. The summed E-state index contributed by atoms with van der Waals surface area (Å²) in [5.74, 6) is 0.723. The van der Waals surface area contributed by atoms with E-state index in [0.717, 1.165) is 52.3 Å². The third-order valence-electron chi connectivity index (χ3n) is 5.21. The number of ether oxygens (including phenoxy) is 1. The number of hydrogen-bond acceptors (Lipinski definition) is 5. The minimum atomic E-state index is -0.00678. The third kappa shape index (κ3) is 5.12. The number of benzene rings is 2. The summed E-state index contributed by atoms with van der Waals surface area (Å²) in [5, 5.41) is 0.710. The monoisotopic (exact) mass is 447 g/mol. The number of nitrogens with zero attached hydrogens (tertiary/aromatic N) is 3. The fourth-order valence-corrected chi connectivity index (χ4v) is 4.46. The number of carbonyl (C=O) groups is 1. The summed E-state index contributed by atoms with van der Waals surface area (Å²) in [4.78, 5) is 22.5. The van der Waals surface area contributed by atoms with Crippen LogP contribution in [-0.2, 0) is 0 Å². The van der Waals surface area contributed by atoms with Crippen LogP contribution in [0.1, 0.15) is 35.3 Å². The Morgan fingerprint density at radius 1 is 1.10 bits per heavy atom. The number of para-hydroxylation sites is 1. The number of fused-ring (bicyclic) bond motifs is 1. The lowest BCUT2D eigenvalue weighted by Gasteiger charge is -2.25. The van der Waals surface area contributed by atoms with Crippen LogP contribution in [-0.4, -0.2) is 49.1 Å². The number of amides is 1. The van der Waals surface area contributed by atoms with Crippen molar-refractivity contribution in [1.82, 2.24) is 9.88 Å². The van der Waals surface area contributed by atoms with E-state index in [-0.39, 0.29) is 18.3 Å². The predicted octanol–water partition coefficient (Wildman–Crippen LogP) is 5.33.